The highest BCUT2D eigenvalue weighted by molar-refractivity contribution is 7.89. The van der Waals surface area contributed by atoms with Crippen LogP contribution in [0, 0.1) is 0 Å². The van der Waals surface area contributed by atoms with Crippen LogP contribution in [0.2, 0.25) is 0 Å². The Morgan fingerprint density at radius 2 is 1.87 bits per heavy atom. The number of nitrogens with zero attached hydrogens (tertiary/aromatic N) is 3. The zero-order valence-corrected chi connectivity index (χ0v) is 16.7. The number of pyridine rings is 1. The van der Waals surface area contributed by atoms with Gasteiger partial charge in [-0.25, -0.2) is 8.42 Å². The summed E-state index contributed by atoms with van der Waals surface area (Å²) in [6.07, 6.45) is 0.943. The maximum atomic E-state index is 12.9. The SMILES string of the molecule is O=S(=O)(c1cccc(C(F)(F)F)c1)N1CCC(O)(Cn2ccc3ccncc32)CC1. The van der Waals surface area contributed by atoms with Crippen LogP contribution in [-0.4, -0.2) is 46.1 Å². The van der Waals surface area contributed by atoms with Gasteiger partial charge in [0, 0.05) is 30.9 Å². The number of rotatable bonds is 4. The smallest absolute Gasteiger partial charge is 0.388 e. The molecule has 1 aromatic carbocycles. The van der Waals surface area contributed by atoms with Crippen LogP contribution in [0.1, 0.15) is 18.4 Å². The molecule has 3 heterocycles. The van der Waals surface area contributed by atoms with Crippen molar-refractivity contribution >= 4 is 20.9 Å². The van der Waals surface area contributed by atoms with Gasteiger partial charge in [-0.15, -0.1) is 0 Å². The molecule has 0 aliphatic carbocycles. The topological polar surface area (TPSA) is 75.4 Å². The summed E-state index contributed by atoms with van der Waals surface area (Å²) in [5.41, 5.74) is -1.27. The predicted molar refractivity (Wildman–Crippen MR) is 104 cm³/mol. The third-order valence-electron chi connectivity index (χ3n) is 5.49. The number of aliphatic hydroxyl groups is 1. The largest absolute Gasteiger partial charge is 0.416 e. The minimum absolute atomic E-state index is 0.0204. The van der Waals surface area contributed by atoms with Crippen LogP contribution < -0.4 is 0 Å². The average molecular weight is 439 g/mol. The van der Waals surface area contributed by atoms with E-state index in [0.29, 0.717) is 6.07 Å². The number of hydrogen-bond donors (Lipinski definition) is 1. The minimum atomic E-state index is -4.62. The predicted octanol–water partition coefficient (Wildman–Crippen LogP) is 3.27. The Morgan fingerprint density at radius 3 is 2.57 bits per heavy atom. The number of fused-ring (bicyclic) bond motifs is 1. The van der Waals surface area contributed by atoms with Crippen LogP contribution in [0.15, 0.2) is 59.9 Å². The van der Waals surface area contributed by atoms with Crippen LogP contribution in [0.5, 0.6) is 0 Å². The number of hydrogen-bond acceptors (Lipinski definition) is 4. The molecule has 0 atom stereocenters. The lowest BCUT2D eigenvalue weighted by atomic mass is 9.92. The van der Waals surface area contributed by atoms with Crippen molar-refractivity contribution in [1.29, 1.82) is 0 Å². The summed E-state index contributed by atoms with van der Waals surface area (Å²) in [5, 5.41) is 12.0. The molecule has 0 unspecified atom stereocenters. The molecule has 3 aromatic rings. The van der Waals surface area contributed by atoms with Gasteiger partial charge in [-0.2, -0.15) is 17.5 Å². The molecule has 1 saturated heterocycles. The van der Waals surface area contributed by atoms with E-state index in [2.05, 4.69) is 4.98 Å². The summed E-state index contributed by atoms with van der Waals surface area (Å²) in [6.45, 7) is 0.318. The van der Waals surface area contributed by atoms with Gasteiger partial charge in [0.1, 0.15) is 0 Å². The van der Waals surface area contributed by atoms with Crippen LogP contribution in [-0.2, 0) is 22.7 Å². The number of sulfonamides is 1. The van der Waals surface area contributed by atoms with E-state index in [1.54, 1.807) is 12.4 Å². The van der Waals surface area contributed by atoms with Gasteiger partial charge < -0.3 is 9.67 Å². The van der Waals surface area contributed by atoms with E-state index in [1.165, 1.54) is 0 Å². The molecule has 0 radical (unpaired) electrons. The number of aromatic nitrogens is 2. The van der Waals surface area contributed by atoms with Gasteiger partial charge >= 0.3 is 6.18 Å². The van der Waals surface area contributed by atoms with E-state index in [4.69, 9.17) is 0 Å². The molecule has 30 heavy (non-hydrogen) atoms. The van der Waals surface area contributed by atoms with Crippen molar-refractivity contribution in [3.63, 3.8) is 0 Å². The highest BCUT2D eigenvalue weighted by Crippen LogP contribution is 2.33. The molecule has 10 heteroatoms. The van der Waals surface area contributed by atoms with E-state index in [9.17, 15) is 26.7 Å². The van der Waals surface area contributed by atoms with E-state index >= 15 is 0 Å². The molecule has 1 N–H and O–H groups in total. The Balaban J connectivity index is 1.50. The highest BCUT2D eigenvalue weighted by atomic mass is 32.2. The van der Waals surface area contributed by atoms with Crippen molar-refractivity contribution in [2.75, 3.05) is 13.1 Å². The number of alkyl halides is 3. The third kappa shape index (κ3) is 3.94. The second-order valence-corrected chi connectivity index (χ2v) is 9.47. The first-order valence-electron chi connectivity index (χ1n) is 9.37. The zero-order valence-electron chi connectivity index (χ0n) is 15.9. The Labute approximate surface area is 171 Å². The fourth-order valence-electron chi connectivity index (χ4n) is 3.77. The number of halogens is 3. The first kappa shape index (κ1) is 20.8. The standard InChI is InChI=1S/C20H20F3N3O3S/c21-20(22,23)16-2-1-3-17(12-16)30(28,29)26-10-6-19(27,7-11-26)14-25-9-5-15-4-8-24-13-18(15)25/h1-5,8-9,12-13,27H,6-7,10-11,14H2. The third-order valence-corrected chi connectivity index (χ3v) is 7.39. The molecule has 0 saturated carbocycles. The highest BCUT2D eigenvalue weighted by Gasteiger charge is 2.38. The van der Waals surface area contributed by atoms with Crippen molar-refractivity contribution in [2.45, 2.75) is 36.1 Å². The summed E-state index contributed by atoms with van der Waals surface area (Å²) in [6, 6.07) is 7.50. The summed E-state index contributed by atoms with van der Waals surface area (Å²) >= 11 is 0. The molecule has 0 bridgehead atoms. The molecule has 6 nitrogen and oxygen atoms in total. The fraction of sp³-hybridized carbons (Fsp3) is 0.350. The molecule has 1 aliphatic heterocycles. The Hall–Kier alpha value is -2.43. The van der Waals surface area contributed by atoms with Crippen LogP contribution in [0.4, 0.5) is 13.2 Å². The summed E-state index contributed by atoms with van der Waals surface area (Å²) in [4.78, 5) is 3.70. The van der Waals surface area contributed by atoms with Crippen LogP contribution in [0.3, 0.4) is 0 Å². The van der Waals surface area contributed by atoms with Crippen molar-refractivity contribution in [1.82, 2.24) is 13.9 Å². The molecule has 2 aromatic heterocycles. The maximum Gasteiger partial charge on any atom is 0.416 e. The first-order valence-corrected chi connectivity index (χ1v) is 10.8. The van der Waals surface area contributed by atoms with Gasteiger partial charge in [-0.05, 0) is 43.2 Å². The molecular weight excluding hydrogens is 419 g/mol. The number of piperidine rings is 1. The molecule has 0 spiro atoms. The molecule has 0 amide bonds. The molecule has 160 valence electrons. The fourth-order valence-corrected chi connectivity index (χ4v) is 5.25. The monoisotopic (exact) mass is 439 g/mol. The van der Waals surface area contributed by atoms with Gasteiger partial charge in [0.25, 0.3) is 0 Å². The van der Waals surface area contributed by atoms with Gasteiger partial charge in [0.05, 0.1) is 34.3 Å². The van der Waals surface area contributed by atoms with Crippen molar-refractivity contribution in [2.24, 2.45) is 0 Å². The van der Waals surface area contributed by atoms with Gasteiger partial charge in [-0.1, -0.05) is 6.07 Å². The van der Waals surface area contributed by atoms with E-state index in [-0.39, 0.29) is 32.5 Å². The Bertz CT molecular complexity index is 1170. The molecular formula is C20H20F3N3O3S. The van der Waals surface area contributed by atoms with Gasteiger partial charge in [0.15, 0.2) is 0 Å². The quantitative estimate of drug-likeness (QED) is 0.677. The van der Waals surface area contributed by atoms with E-state index in [1.807, 2.05) is 22.9 Å². The van der Waals surface area contributed by atoms with E-state index in [0.717, 1.165) is 33.4 Å². The zero-order chi connectivity index (χ0) is 21.6. The minimum Gasteiger partial charge on any atom is -0.388 e. The van der Waals surface area contributed by atoms with Crippen molar-refractivity contribution in [3.8, 4) is 0 Å². The molecule has 1 aliphatic rings. The first-order chi connectivity index (χ1) is 14.1. The lowest BCUT2D eigenvalue weighted by molar-refractivity contribution is -0.137. The summed E-state index contributed by atoms with van der Waals surface area (Å²) < 4.78 is 67.5. The maximum absolute atomic E-state index is 12.9. The molecule has 4 rings (SSSR count). The lowest BCUT2D eigenvalue weighted by Gasteiger charge is -2.38. The van der Waals surface area contributed by atoms with Crippen LogP contribution in [0.25, 0.3) is 10.9 Å². The summed E-state index contributed by atoms with van der Waals surface area (Å²) in [7, 11) is -4.09. The summed E-state index contributed by atoms with van der Waals surface area (Å²) in [5.74, 6) is 0. The molecule has 1 fully saturated rings. The van der Waals surface area contributed by atoms with Crippen molar-refractivity contribution < 1.29 is 26.7 Å². The lowest BCUT2D eigenvalue weighted by Crippen LogP contribution is -2.48. The van der Waals surface area contributed by atoms with E-state index < -0.39 is 32.3 Å². The van der Waals surface area contributed by atoms with Gasteiger partial charge in [0.2, 0.25) is 10.0 Å². The second-order valence-electron chi connectivity index (χ2n) is 7.53. The normalized spacial score (nSPS) is 18.0. The average Bonchev–Trinajstić information content (AvgIpc) is 3.10. The number of benzene rings is 1. The van der Waals surface area contributed by atoms with Gasteiger partial charge in [-0.3, -0.25) is 4.98 Å². The van der Waals surface area contributed by atoms with Crippen LogP contribution >= 0.6 is 0 Å². The Kier molecular flexibility index (Phi) is 5.11. The Morgan fingerprint density at radius 1 is 1.13 bits per heavy atom. The van der Waals surface area contributed by atoms with Crippen molar-refractivity contribution in [3.05, 3.63) is 60.6 Å². The second kappa shape index (κ2) is 7.36.